The van der Waals surface area contributed by atoms with Gasteiger partial charge in [0.25, 0.3) is 11.8 Å². The largest absolute Gasteiger partial charge is 0.733 e. The van der Waals surface area contributed by atoms with Gasteiger partial charge in [-0.3, -0.25) is 24.6 Å². The maximum absolute atomic E-state index is 12.9. The van der Waals surface area contributed by atoms with Gasteiger partial charge in [-0.25, -0.2) is 0 Å². The zero-order valence-electron chi connectivity index (χ0n) is 15.2. The van der Waals surface area contributed by atoms with Crippen molar-refractivity contribution in [3.63, 3.8) is 0 Å². The van der Waals surface area contributed by atoms with Crippen LogP contribution < -0.4 is 5.23 Å². The monoisotopic (exact) mass is 388 g/mol. The highest BCUT2D eigenvalue weighted by Crippen LogP contribution is 2.33. The van der Waals surface area contributed by atoms with Crippen molar-refractivity contribution < 1.29 is 25.0 Å². The predicted molar refractivity (Wildman–Crippen MR) is 102 cm³/mol. The van der Waals surface area contributed by atoms with E-state index in [-0.39, 0.29) is 36.2 Å². The van der Waals surface area contributed by atoms with Crippen LogP contribution >= 0.6 is 0 Å². The lowest BCUT2D eigenvalue weighted by atomic mass is 9.93. The smallest absolute Gasteiger partial charge is 0.261 e. The Labute approximate surface area is 161 Å². The van der Waals surface area contributed by atoms with Gasteiger partial charge in [-0.15, -0.1) is 0 Å². The van der Waals surface area contributed by atoms with Gasteiger partial charge in [-0.2, -0.15) is 0 Å². The molecule has 150 valence electrons. The van der Waals surface area contributed by atoms with Crippen molar-refractivity contribution in [2.75, 3.05) is 44.6 Å². The summed E-state index contributed by atoms with van der Waals surface area (Å²) in [6.45, 7) is 1.35. The van der Waals surface area contributed by atoms with Gasteiger partial charge in [-0.05, 0) is 30.0 Å². The van der Waals surface area contributed by atoms with Crippen molar-refractivity contribution in [1.82, 2.24) is 9.80 Å². The minimum Gasteiger partial charge on any atom is -0.733 e. The molecule has 9 nitrogen and oxygen atoms in total. The number of hydrogen-bond acceptors (Lipinski definition) is 8. The van der Waals surface area contributed by atoms with E-state index in [1.165, 1.54) is 12.1 Å². The van der Waals surface area contributed by atoms with Gasteiger partial charge in [0.1, 0.15) is 0 Å². The molecule has 2 aromatic carbocycles. The van der Waals surface area contributed by atoms with Gasteiger partial charge < -0.3 is 20.6 Å². The van der Waals surface area contributed by atoms with E-state index in [0.29, 0.717) is 42.4 Å². The first-order valence-electron chi connectivity index (χ1n) is 9.01. The van der Waals surface area contributed by atoms with Crippen LogP contribution in [0.1, 0.15) is 27.1 Å². The SMILES string of the molecule is O=C1c2cccc3cc(N([O-])O)cc(c23)C(=O)N1CCCN(CCO)CCO. The van der Waals surface area contributed by atoms with E-state index in [0.717, 1.165) is 4.90 Å². The molecule has 28 heavy (non-hydrogen) atoms. The van der Waals surface area contributed by atoms with E-state index >= 15 is 0 Å². The maximum Gasteiger partial charge on any atom is 0.261 e. The lowest BCUT2D eigenvalue weighted by molar-refractivity contribution is 0.0600. The highest BCUT2D eigenvalue weighted by Gasteiger charge is 2.32. The Bertz CT molecular complexity index is 879. The zero-order chi connectivity index (χ0) is 20.3. The lowest BCUT2D eigenvalue weighted by Gasteiger charge is -2.30. The number of aliphatic hydroxyl groups is 2. The second-order valence-electron chi connectivity index (χ2n) is 6.57. The van der Waals surface area contributed by atoms with Crippen LogP contribution in [0.3, 0.4) is 0 Å². The number of carbonyl (C=O) groups excluding carboxylic acids is 2. The summed E-state index contributed by atoms with van der Waals surface area (Å²) in [7, 11) is 0. The topological polar surface area (TPSA) is 128 Å². The number of imide groups is 1. The molecule has 1 heterocycles. The Hall–Kier alpha value is -2.56. The van der Waals surface area contributed by atoms with Gasteiger partial charge in [0.05, 0.1) is 24.5 Å². The van der Waals surface area contributed by atoms with Crippen molar-refractivity contribution >= 4 is 28.3 Å². The summed E-state index contributed by atoms with van der Waals surface area (Å²) in [4.78, 5) is 28.7. The van der Waals surface area contributed by atoms with Crippen LogP contribution in [0.2, 0.25) is 0 Å². The average Bonchev–Trinajstić information content (AvgIpc) is 2.68. The molecule has 0 aromatic heterocycles. The van der Waals surface area contributed by atoms with Crippen LogP contribution in [-0.4, -0.2) is 76.4 Å². The third-order valence-electron chi connectivity index (χ3n) is 4.82. The molecule has 0 atom stereocenters. The maximum atomic E-state index is 12.9. The molecule has 0 fully saturated rings. The Morgan fingerprint density at radius 2 is 1.64 bits per heavy atom. The second kappa shape index (κ2) is 8.63. The Morgan fingerprint density at radius 1 is 0.964 bits per heavy atom. The number of carbonyl (C=O) groups is 2. The average molecular weight is 388 g/mol. The van der Waals surface area contributed by atoms with Crippen LogP contribution in [0, 0.1) is 5.21 Å². The van der Waals surface area contributed by atoms with Crippen molar-refractivity contribution in [2.24, 2.45) is 0 Å². The first-order chi connectivity index (χ1) is 13.5. The molecule has 0 saturated heterocycles. The molecule has 3 rings (SSSR count). The van der Waals surface area contributed by atoms with Gasteiger partial charge in [0.15, 0.2) is 0 Å². The highest BCUT2D eigenvalue weighted by molar-refractivity contribution is 6.25. The minimum absolute atomic E-state index is 0.0490. The van der Waals surface area contributed by atoms with E-state index in [9.17, 15) is 20.0 Å². The summed E-state index contributed by atoms with van der Waals surface area (Å²) in [6, 6.07) is 7.67. The molecule has 0 aliphatic carbocycles. The number of hydrogen-bond donors (Lipinski definition) is 3. The fourth-order valence-corrected chi connectivity index (χ4v) is 3.53. The standard InChI is InChI=1S/C19H22N3O6/c23-9-7-20(8-10-24)5-2-6-21-18(25)15-4-1-3-13-11-14(22(27)28)12-16(17(13)15)19(21)26/h1,3-4,11-12,23-24,27H,2,5-10H2/q-1. The van der Waals surface area contributed by atoms with E-state index in [1.54, 1.807) is 18.2 Å². The predicted octanol–water partition coefficient (Wildman–Crippen LogP) is 0.806. The van der Waals surface area contributed by atoms with E-state index in [2.05, 4.69) is 0 Å². The molecule has 2 aromatic rings. The molecular formula is C19H22N3O6-. The van der Waals surface area contributed by atoms with Gasteiger partial charge in [0.2, 0.25) is 0 Å². The number of nitrogens with zero attached hydrogens (tertiary/aromatic N) is 3. The molecule has 1 aliphatic heterocycles. The van der Waals surface area contributed by atoms with Gasteiger partial charge >= 0.3 is 0 Å². The molecule has 3 N–H and O–H groups in total. The minimum atomic E-state index is -0.520. The molecular weight excluding hydrogens is 366 g/mol. The number of rotatable bonds is 9. The molecule has 0 unspecified atom stereocenters. The van der Waals surface area contributed by atoms with Crippen LogP contribution in [0.5, 0.6) is 0 Å². The number of amides is 2. The van der Waals surface area contributed by atoms with E-state index < -0.39 is 11.8 Å². The normalized spacial score (nSPS) is 13.7. The Morgan fingerprint density at radius 3 is 2.29 bits per heavy atom. The summed E-state index contributed by atoms with van der Waals surface area (Å²) < 4.78 is 0. The third-order valence-corrected chi connectivity index (χ3v) is 4.82. The van der Waals surface area contributed by atoms with Crippen LogP contribution in [0.4, 0.5) is 5.69 Å². The fourth-order valence-electron chi connectivity index (χ4n) is 3.53. The number of benzene rings is 2. The summed E-state index contributed by atoms with van der Waals surface area (Å²) >= 11 is 0. The van der Waals surface area contributed by atoms with Crippen molar-refractivity contribution in [1.29, 1.82) is 0 Å². The number of anilines is 1. The first kappa shape index (κ1) is 20.2. The van der Waals surface area contributed by atoms with Crippen LogP contribution in [0.25, 0.3) is 10.8 Å². The number of aliphatic hydroxyl groups excluding tert-OH is 2. The molecule has 0 spiro atoms. The first-order valence-corrected chi connectivity index (χ1v) is 9.01. The van der Waals surface area contributed by atoms with Gasteiger partial charge in [0, 0.05) is 37.1 Å². The summed E-state index contributed by atoms with van der Waals surface area (Å²) in [5.74, 6) is -0.928. The Kier molecular flexibility index (Phi) is 6.22. The molecule has 0 radical (unpaired) electrons. The van der Waals surface area contributed by atoms with Crippen LogP contribution in [0.15, 0.2) is 30.3 Å². The molecule has 0 bridgehead atoms. The lowest BCUT2D eigenvalue weighted by Crippen LogP contribution is -2.42. The van der Waals surface area contributed by atoms with Gasteiger partial charge in [-0.1, -0.05) is 12.1 Å². The van der Waals surface area contributed by atoms with Crippen molar-refractivity contribution in [3.05, 3.63) is 46.7 Å². The van der Waals surface area contributed by atoms with Crippen molar-refractivity contribution in [2.45, 2.75) is 6.42 Å². The van der Waals surface area contributed by atoms with E-state index in [1.807, 2.05) is 4.90 Å². The highest BCUT2D eigenvalue weighted by atomic mass is 16.8. The summed E-state index contributed by atoms with van der Waals surface area (Å²) in [5.41, 5.74) is 0.483. The molecule has 9 heteroatoms. The third kappa shape index (κ3) is 3.84. The zero-order valence-corrected chi connectivity index (χ0v) is 15.2. The van der Waals surface area contributed by atoms with Crippen molar-refractivity contribution in [3.8, 4) is 0 Å². The Balaban J connectivity index is 1.86. The fraction of sp³-hybridized carbons (Fsp3) is 0.368. The quantitative estimate of drug-likeness (QED) is 0.425. The summed E-state index contributed by atoms with van der Waals surface area (Å²) in [6.07, 6.45) is 0.468. The molecule has 1 aliphatic rings. The summed E-state index contributed by atoms with van der Waals surface area (Å²) in [5, 5.41) is 39.4. The molecule has 2 amide bonds. The van der Waals surface area contributed by atoms with Crippen LogP contribution in [-0.2, 0) is 0 Å². The second-order valence-corrected chi connectivity index (χ2v) is 6.57. The van der Waals surface area contributed by atoms with E-state index in [4.69, 9.17) is 10.2 Å². The molecule has 0 saturated carbocycles.